The first-order chi connectivity index (χ1) is 13.3. The zero-order valence-electron chi connectivity index (χ0n) is 18.4. The molecule has 0 radical (unpaired) electrons. The van der Waals surface area contributed by atoms with Crippen LogP contribution in [0.1, 0.15) is 44.6 Å². The number of benzene rings is 1. The van der Waals surface area contributed by atoms with Crippen molar-refractivity contribution in [2.45, 2.75) is 50.3 Å². The van der Waals surface area contributed by atoms with E-state index in [1.165, 1.54) is 38.5 Å². The molecule has 6 nitrogen and oxygen atoms in total. The molecule has 0 aliphatic carbocycles. The molecule has 1 aromatic rings. The summed E-state index contributed by atoms with van der Waals surface area (Å²) in [4.78, 5) is 7.24. The Labute approximate surface area is 194 Å². The molecule has 0 unspecified atom stereocenters. The lowest BCUT2D eigenvalue weighted by Gasteiger charge is -2.11. The summed E-state index contributed by atoms with van der Waals surface area (Å²) in [5, 5.41) is 6.63. The minimum Gasteiger partial charge on any atom is -0.357 e. The lowest BCUT2D eigenvalue weighted by Crippen LogP contribution is -2.38. The molecule has 1 aromatic carbocycles. The van der Waals surface area contributed by atoms with Crippen molar-refractivity contribution in [3.63, 3.8) is 0 Å². The Morgan fingerprint density at radius 2 is 1.62 bits per heavy atom. The van der Waals surface area contributed by atoms with Crippen LogP contribution < -0.4 is 10.6 Å². The van der Waals surface area contributed by atoms with Gasteiger partial charge in [-0.2, -0.15) is 0 Å². The Morgan fingerprint density at radius 1 is 1.00 bits per heavy atom. The smallest absolute Gasteiger partial charge is 0.191 e. The molecule has 29 heavy (non-hydrogen) atoms. The van der Waals surface area contributed by atoms with Gasteiger partial charge in [0.25, 0.3) is 0 Å². The number of unbranched alkanes of at least 4 members (excludes halogenated alkanes) is 4. The quantitative estimate of drug-likeness (QED) is 0.175. The van der Waals surface area contributed by atoms with Crippen molar-refractivity contribution in [2.75, 3.05) is 46.5 Å². The van der Waals surface area contributed by atoms with E-state index in [9.17, 15) is 8.42 Å². The fourth-order valence-electron chi connectivity index (χ4n) is 2.83. The van der Waals surface area contributed by atoms with E-state index in [-0.39, 0.29) is 24.0 Å². The van der Waals surface area contributed by atoms with Gasteiger partial charge in [0, 0.05) is 25.9 Å². The number of hydrogen-bond acceptors (Lipinski definition) is 4. The average Bonchev–Trinajstić information content (AvgIpc) is 2.63. The van der Waals surface area contributed by atoms with Gasteiger partial charge in [-0.15, -0.1) is 24.0 Å². The minimum absolute atomic E-state index is 0. The molecule has 168 valence electrons. The summed E-state index contributed by atoms with van der Waals surface area (Å²) in [5.41, 5.74) is 1.11. The average molecular weight is 539 g/mol. The van der Waals surface area contributed by atoms with Crippen molar-refractivity contribution >= 4 is 39.8 Å². The molecular weight excluding hydrogens is 499 g/mol. The Kier molecular flexibility index (Phi) is 15.4. The second kappa shape index (κ2) is 15.9. The lowest BCUT2D eigenvalue weighted by molar-refractivity contribution is 0.390. The van der Waals surface area contributed by atoms with Crippen LogP contribution in [0.4, 0.5) is 0 Å². The van der Waals surface area contributed by atoms with Crippen molar-refractivity contribution in [1.82, 2.24) is 15.5 Å². The molecule has 2 N–H and O–H groups in total. The van der Waals surface area contributed by atoms with Crippen molar-refractivity contribution in [3.8, 4) is 0 Å². The standard InChI is InChI=1S/C21H38N4O2S.HI/c1-5-22-21(23-16-9-7-6-8-10-18-25(2)3)24-17-15-19-11-13-20(14-12-19)28(4,26)27;/h11-14H,5-10,15-18H2,1-4H3,(H2,22,23,24);1H. The van der Waals surface area contributed by atoms with Crippen molar-refractivity contribution in [1.29, 1.82) is 0 Å². The highest BCUT2D eigenvalue weighted by molar-refractivity contribution is 14.0. The summed E-state index contributed by atoms with van der Waals surface area (Å²) < 4.78 is 23.0. The van der Waals surface area contributed by atoms with E-state index >= 15 is 0 Å². The second-order valence-corrected chi connectivity index (χ2v) is 9.44. The van der Waals surface area contributed by atoms with Crippen LogP contribution in [0.25, 0.3) is 0 Å². The maximum absolute atomic E-state index is 11.5. The van der Waals surface area contributed by atoms with E-state index in [2.05, 4.69) is 41.5 Å². The number of aliphatic imine (C=N–C) groups is 1. The topological polar surface area (TPSA) is 73.8 Å². The number of halogens is 1. The minimum atomic E-state index is -3.13. The van der Waals surface area contributed by atoms with Crippen LogP contribution in [-0.2, 0) is 16.3 Å². The van der Waals surface area contributed by atoms with Gasteiger partial charge in [-0.3, -0.25) is 4.99 Å². The van der Waals surface area contributed by atoms with Crippen LogP contribution >= 0.6 is 24.0 Å². The van der Waals surface area contributed by atoms with Crippen LogP contribution in [0.15, 0.2) is 34.2 Å². The summed E-state index contributed by atoms with van der Waals surface area (Å²) in [7, 11) is 1.11. The van der Waals surface area contributed by atoms with E-state index in [0.717, 1.165) is 44.0 Å². The first-order valence-electron chi connectivity index (χ1n) is 10.3. The van der Waals surface area contributed by atoms with Crippen molar-refractivity contribution in [3.05, 3.63) is 29.8 Å². The number of guanidine groups is 1. The number of nitrogens with one attached hydrogen (secondary N) is 2. The Bertz CT molecular complexity index is 676. The summed E-state index contributed by atoms with van der Waals surface area (Å²) in [5.74, 6) is 0.850. The third kappa shape index (κ3) is 13.9. The summed E-state index contributed by atoms with van der Waals surface area (Å²) in [6.07, 6.45) is 8.22. The largest absolute Gasteiger partial charge is 0.357 e. The van der Waals surface area contributed by atoms with E-state index < -0.39 is 9.84 Å². The van der Waals surface area contributed by atoms with Crippen LogP contribution in [0.3, 0.4) is 0 Å². The Hall–Kier alpha value is -0.870. The zero-order valence-corrected chi connectivity index (χ0v) is 21.6. The predicted octanol–water partition coefficient (Wildman–Crippen LogP) is 3.32. The van der Waals surface area contributed by atoms with Crippen molar-refractivity contribution < 1.29 is 8.42 Å². The summed E-state index contributed by atoms with van der Waals surface area (Å²) in [6.45, 7) is 5.66. The molecule has 0 saturated carbocycles. The summed E-state index contributed by atoms with van der Waals surface area (Å²) in [6, 6.07) is 7.09. The van der Waals surface area contributed by atoms with E-state index in [0.29, 0.717) is 4.90 Å². The molecule has 0 bridgehead atoms. The predicted molar refractivity (Wildman–Crippen MR) is 134 cm³/mol. The van der Waals surface area contributed by atoms with Gasteiger partial charge in [-0.1, -0.05) is 31.4 Å². The fourth-order valence-corrected chi connectivity index (χ4v) is 3.46. The zero-order chi connectivity index (χ0) is 20.8. The van der Waals surface area contributed by atoms with Gasteiger partial charge in [0.1, 0.15) is 0 Å². The number of rotatable bonds is 13. The lowest BCUT2D eigenvalue weighted by atomic mass is 10.1. The Balaban J connectivity index is 0.00000784. The number of sulfone groups is 1. The van der Waals surface area contributed by atoms with Crippen LogP contribution in [0, 0.1) is 0 Å². The number of hydrogen-bond donors (Lipinski definition) is 2. The monoisotopic (exact) mass is 538 g/mol. The summed E-state index contributed by atoms with van der Waals surface area (Å²) >= 11 is 0. The molecule has 0 aliphatic rings. The third-order valence-electron chi connectivity index (χ3n) is 4.44. The molecule has 0 fully saturated rings. The molecular formula is C21H39IN4O2S. The molecule has 0 saturated heterocycles. The van der Waals surface area contributed by atoms with E-state index in [1.807, 2.05) is 12.1 Å². The highest BCUT2D eigenvalue weighted by Crippen LogP contribution is 2.10. The maximum atomic E-state index is 11.5. The second-order valence-electron chi connectivity index (χ2n) is 7.42. The molecule has 0 atom stereocenters. The van der Waals surface area contributed by atoms with Gasteiger partial charge in [-0.25, -0.2) is 8.42 Å². The maximum Gasteiger partial charge on any atom is 0.191 e. The van der Waals surface area contributed by atoms with Gasteiger partial charge in [0.15, 0.2) is 15.8 Å². The third-order valence-corrected chi connectivity index (χ3v) is 5.56. The fraction of sp³-hybridized carbons (Fsp3) is 0.667. The highest BCUT2D eigenvalue weighted by atomic mass is 127. The van der Waals surface area contributed by atoms with Gasteiger partial charge < -0.3 is 15.5 Å². The highest BCUT2D eigenvalue weighted by Gasteiger charge is 2.06. The normalized spacial score (nSPS) is 12.0. The van der Waals surface area contributed by atoms with Crippen molar-refractivity contribution in [2.24, 2.45) is 4.99 Å². The molecule has 0 aliphatic heterocycles. The molecule has 0 aromatic heterocycles. The van der Waals surface area contributed by atoms with Crippen LogP contribution in [0.5, 0.6) is 0 Å². The molecule has 8 heteroatoms. The van der Waals surface area contributed by atoms with E-state index in [1.54, 1.807) is 12.1 Å². The Morgan fingerprint density at radius 3 is 2.21 bits per heavy atom. The van der Waals surface area contributed by atoms with E-state index in [4.69, 9.17) is 0 Å². The molecule has 0 spiro atoms. The first-order valence-corrected chi connectivity index (χ1v) is 12.2. The number of nitrogens with zero attached hydrogens (tertiary/aromatic N) is 2. The van der Waals surface area contributed by atoms with Gasteiger partial charge in [0.05, 0.1) is 4.90 Å². The van der Waals surface area contributed by atoms with Gasteiger partial charge in [0.2, 0.25) is 0 Å². The van der Waals surface area contributed by atoms with Gasteiger partial charge in [-0.05, 0) is 64.5 Å². The SMILES string of the molecule is CCNC(=NCCCCCCCN(C)C)NCCc1ccc(S(C)(=O)=O)cc1.I. The van der Waals surface area contributed by atoms with Crippen LogP contribution in [0.2, 0.25) is 0 Å². The first kappa shape index (κ1) is 28.1. The van der Waals surface area contributed by atoms with Crippen LogP contribution in [-0.4, -0.2) is 65.8 Å². The van der Waals surface area contributed by atoms with Gasteiger partial charge >= 0.3 is 0 Å². The molecule has 1 rings (SSSR count). The molecule has 0 heterocycles. The molecule has 0 amide bonds.